The third-order valence-corrected chi connectivity index (χ3v) is 3.40. The molecule has 108 valence electrons. The number of pyridine rings is 1. The molecule has 0 aliphatic carbocycles. The van der Waals surface area contributed by atoms with Crippen molar-refractivity contribution >= 4 is 5.91 Å². The summed E-state index contributed by atoms with van der Waals surface area (Å²) in [5, 5.41) is 9.47. The van der Waals surface area contributed by atoms with Gasteiger partial charge in [0.05, 0.1) is 11.7 Å². The van der Waals surface area contributed by atoms with Gasteiger partial charge < -0.3 is 14.7 Å². The van der Waals surface area contributed by atoms with E-state index in [0.717, 1.165) is 0 Å². The maximum Gasteiger partial charge on any atom is 0.255 e. The van der Waals surface area contributed by atoms with E-state index in [2.05, 4.69) is 4.98 Å². The van der Waals surface area contributed by atoms with Crippen molar-refractivity contribution in [3.05, 3.63) is 54.2 Å². The number of amides is 1. The molecule has 1 N–H and O–H groups in total. The molecule has 0 bridgehead atoms. The Hall–Kier alpha value is -2.40. The first-order chi connectivity index (χ1) is 10.2. The molecule has 1 amide bonds. The second-order valence-corrected chi connectivity index (χ2v) is 4.99. The van der Waals surface area contributed by atoms with Crippen LogP contribution in [0.15, 0.2) is 48.7 Å². The van der Waals surface area contributed by atoms with Crippen molar-refractivity contribution in [1.82, 2.24) is 9.88 Å². The van der Waals surface area contributed by atoms with Crippen LogP contribution in [0.1, 0.15) is 16.8 Å². The van der Waals surface area contributed by atoms with Crippen molar-refractivity contribution in [3.63, 3.8) is 0 Å². The second kappa shape index (κ2) is 5.93. The van der Waals surface area contributed by atoms with Crippen LogP contribution in [0.2, 0.25) is 0 Å². The number of carbonyl (C=O) groups excluding carboxylic acids is 1. The molecule has 21 heavy (non-hydrogen) atoms. The van der Waals surface area contributed by atoms with E-state index in [1.165, 1.54) is 6.20 Å². The van der Waals surface area contributed by atoms with Crippen LogP contribution >= 0.6 is 0 Å². The molecular formula is C16H16N2O3. The van der Waals surface area contributed by atoms with Gasteiger partial charge in [0.15, 0.2) is 0 Å². The van der Waals surface area contributed by atoms with Crippen LogP contribution in [0.3, 0.4) is 0 Å². The van der Waals surface area contributed by atoms with E-state index in [4.69, 9.17) is 4.74 Å². The standard InChI is InChI=1S/C16H16N2O3/c19-13-8-9-18(11-13)16(20)12-6-7-15(17-10-12)21-14-4-2-1-3-5-14/h1-7,10,13,19H,8-9,11H2/t13-/m1/s1. The Morgan fingerprint density at radius 1 is 1.24 bits per heavy atom. The van der Waals surface area contributed by atoms with Gasteiger partial charge in [-0.05, 0) is 24.6 Å². The summed E-state index contributed by atoms with van der Waals surface area (Å²) >= 11 is 0. The highest BCUT2D eigenvalue weighted by Gasteiger charge is 2.25. The van der Waals surface area contributed by atoms with Gasteiger partial charge in [0.1, 0.15) is 5.75 Å². The quantitative estimate of drug-likeness (QED) is 0.937. The number of hydrogen-bond donors (Lipinski definition) is 1. The summed E-state index contributed by atoms with van der Waals surface area (Å²) in [4.78, 5) is 18.0. The number of hydrogen-bond acceptors (Lipinski definition) is 4. The number of rotatable bonds is 3. The van der Waals surface area contributed by atoms with Gasteiger partial charge >= 0.3 is 0 Å². The molecule has 3 rings (SSSR count). The first-order valence-corrected chi connectivity index (χ1v) is 6.88. The molecular weight excluding hydrogens is 268 g/mol. The first kappa shape index (κ1) is 13.6. The summed E-state index contributed by atoms with van der Waals surface area (Å²) in [5.41, 5.74) is 0.504. The zero-order valence-electron chi connectivity index (χ0n) is 11.5. The van der Waals surface area contributed by atoms with Crippen molar-refractivity contribution in [2.75, 3.05) is 13.1 Å². The van der Waals surface area contributed by atoms with Crippen molar-refractivity contribution in [1.29, 1.82) is 0 Å². The number of aliphatic hydroxyl groups excluding tert-OH is 1. The van der Waals surface area contributed by atoms with Crippen LogP contribution in [0.4, 0.5) is 0 Å². The fourth-order valence-electron chi connectivity index (χ4n) is 2.29. The van der Waals surface area contributed by atoms with E-state index in [-0.39, 0.29) is 5.91 Å². The third-order valence-electron chi connectivity index (χ3n) is 3.40. The smallest absolute Gasteiger partial charge is 0.255 e. The minimum absolute atomic E-state index is 0.106. The van der Waals surface area contributed by atoms with Gasteiger partial charge in [-0.2, -0.15) is 0 Å². The summed E-state index contributed by atoms with van der Waals surface area (Å²) in [6, 6.07) is 12.7. The first-order valence-electron chi connectivity index (χ1n) is 6.88. The normalized spacial score (nSPS) is 17.8. The lowest BCUT2D eigenvalue weighted by Gasteiger charge is -2.15. The molecule has 0 radical (unpaired) electrons. The van der Waals surface area contributed by atoms with Crippen LogP contribution in [0.5, 0.6) is 11.6 Å². The van der Waals surface area contributed by atoms with Gasteiger partial charge in [0.25, 0.3) is 5.91 Å². The monoisotopic (exact) mass is 284 g/mol. The fraction of sp³-hybridized carbons (Fsp3) is 0.250. The van der Waals surface area contributed by atoms with Crippen molar-refractivity contribution in [2.24, 2.45) is 0 Å². The second-order valence-electron chi connectivity index (χ2n) is 4.99. The molecule has 1 aliphatic heterocycles. The molecule has 1 aromatic carbocycles. The lowest BCUT2D eigenvalue weighted by molar-refractivity contribution is 0.0764. The fourth-order valence-corrected chi connectivity index (χ4v) is 2.29. The van der Waals surface area contributed by atoms with Gasteiger partial charge in [-0.25, -0.2) is 4.98 Å². The van der Waals surface area contributed by atoms with Crippen LogP contribution in [-0.4, -0.2) is 40.1 Å². The van der Waals surface area contributed by atoms with Gasteiger partial charge in [-0.15, -0.1) is 0 Å². The topological polar surface area (TPSA) is 62.7 Å². The Kier molecular flexibility index (Phi) is 3.83. The molecule has 1 saturated heterocycles. The highest BCUT2D eigenvalue weighted by molar-refractivity contribution is 5.94. The zero-order valence-corrected chi connectivity index (χ0v) is 11.5. The predicted molar refractivity (Wildman–Crippen MR) is 77.3 cm³/mol. The van der Waals surface area contributed by atoms with Crippen LogP contribution in [0.25, 0.3) is 0 Å². The van der Waals surface area contributed by atoms with E-state index < -0.39 is 6.10 Å². The Balaban J connectivity index is 1.68. The lowest BCUT2D eigenvalue weighted by Crippen LogP contribution is -2.29. The summed E-state index contributed by atoms with van der Waals surface area (Å²) in [6.07, 6.45) is 1.72. The Labute approximate surface area is 122 Å². The number of benzene rings is 1. The van der Waals surface area contributed by atoms with Crippen LogP contribution in [-0.2, 0) is 0 Å². The van der Waals surface area contributed by atoms with Gasteiger partial charge in [-0.1, -0.05) is 18.2 Å². The Morgan fingerprint density at radius 3 is 2.67 bits per heavy atom. The molecule has 2 heterocycles. The molecule has 0 saturated carbocycles. The summed E-state index contributed by atoms with van der Waals surface area (Å²) in [5.74, 6) is 1.04. The number of aliphatic hydroxyl groups is 1. The van der Waals surface area contributed by atoms with Crippen molar-refractivity contribution < 1.29 is 14.6 Å². The number of ether oxygens (including phenoxy) is 1. The average Bonchev–Trinajstić information content (AvgIpc) is 2.95. The Bertz CT molecular complexity index is 613. The number of para-hydroxylation sites is 1. The molecule has 1 aromatic heterocycles. The molecule has 1 aliphatic rings. The summed E-state index contributed by atoms with van der Waals surface area (Å²) in [6.45, 7) is 0.976. The number of carbonyl (C=O) groups is 1. The summed E-state index contributed by atoms with van der Waals surface area (Å²) in [7, 11) is 0. The molecule has 5 nitrogen and oxygen atoms in total. The minimum Gasteiger partial charge on any atom is -0.439 e. The third kappa shape index (κ3) is 3.20. The van der Waals surface area contributed by atoms with Gasteiger partial charge in [0, 0.05) is 25.4 Å². The number of aromatic nitrogens is 1. The molecule has 0 unspecified atom stereocenters. The molecule has 2 aromatic rings. The lowest BCUT2D eigenvalue weighted by atomic mass is 10.2. The predicted octanol–water partition coefficient (Wildman–Crippen LogP) is 2.08. The number of likely N-dealkylation sites (tertiary alicyclic amines) is 1. The molecule has 0 spiro atoms. The SMILES string of the molecule is O=C(c1ccc(Oc2ccccc2)nc1)N1CC[C@@H](O)C1. The van der Waals surface area contributed by atoms with E-state index in [1.807, 2.05) is 30.3 Å². The average molecular weight is 284 g/mol. The molecule has 5 heteroatoms. The minimum atomic E-state index is -0.414. The van der Waals surface area contributed by atoms with E-state index in [0.29, 0.717) is 36.7 Å². The van der Waals surface area contributed by atoms with Crippen LogP contribution in [0, 0.1) is 0 Å². The Morgan fingerprint density at radius 2 is 2.05 bits per heavy atom. The van der Waals surface area contributed by atoms with E-state index in [9.17, 15) is 9.90 Å². The maximum atomic E-state index is 12.2. The van der Waals surface area contributed by atoms with Gasteiger partial charge in [-0.3, -0.25) is 4.79 Å². The van der Waals surface area contributed by atoms with Gasteiger partial charge in [0.2, 0.25) is 5.88 Å². The largest absolute Gasteiger partial charge is 0.439 e. The van der Waals surface area contributed by atoms with E-state index >= 15 is 0 Å². The maximum absolute atomic E-state index is 12.2. The summed E-state index contributed by atoms with van der Waals surface area (Å²) < 4.78 is 5.58. The highest BCUT2D eigenvalue weighted by atomic mass is 16.5. The van der Waals surface area contributed by atoms with E-state index in [1.54, 1.807) is 17.0 Å². The number of β-amino-alcohol motifs (C(OH)–C–C–N with tert-alkyl or cyclic N) is 1. The highest BCUT2D eigenvalue weighted by Crippen LogP contribution is 2.19. The van der Waals surface area contributed by atoms with Crippen molar-refractivity contribution in [3.8, 4) is 11.6 Å². The molecule has 1 atom stereocenters. The zero-order chi connectivity index (χ0) is 14.7. The van der Waals surface area contributed by atoms with Crippen molar-refractivity contribution in [2.45, 2.75) is 12.5 Å². The van der Waals surface area contributed by atoms with Crippen LogP contribution < -0.4 is 4.74 Å². The number of nitrogens with zero attached hydrogens (tertiary/aromatic N) is 2. The molecule has 1 fully saturated rings.